The van der Waals surface area contributed by atoms with E-state index in [2.05, 4.69) is 26.1 Å². The first kappa shape index (κ1) is 10.0. The van der Waals surface area contributed by atoms with Crippen LogP contribution < -0.4 is 5.73 Å². The molecule has 0 saturated carbocycles. The van der Waals surface area contributed by atoms with Crippen molar-refractivity contribution in [1.29, 1.82) is 0 Å². The molecule has 0 spiro atoms. The van der Waals surface area contributed by atoms with E-state index >= 15 is 0 Å². The number of hydrogen-bond acceptors (Lipinski definition) is 4. The highest BCUT2D eigenvalue weighted by Crippen LogP contribution is 2.26. The maximum absolute atomic E-state index is 5.94. The van der Waals surface area contributed by atoms with Gasteiger partial charge < -0.3 is 14.7 Å². The summed E-state index contributed by atoms with van der Waals surface area (Å²) in [5.74, 6) is 2.47. The van der Waals surface area contributed by atoms with Gasteiger partial charge in [-0.1, -0.05) is 0 Å². The predicted molar refractivity (Wildman–Crippen MR) is 61.7 cm³/mol. The Morgan fingerprint density at radius 3 is 3.06 bits per heavy atom. The van der Waals surface area contributed by atoms with Gasteiger partial charge in [0.05, 0.1) is 0 Å². The van der Waals surface area contributed by atoms with Crippen LogP contribution in [0.25, 0.3) is 11.6 Å². The molecule has 1 aliphatic rings. The topological polar surface area (TPSA) is 69.9 Å². The molecule has 0 saturated heterocycles. The smallest absolute Gasteiger partial charge is 0.199 e. The van der Waals surface area contributed by atoms with Crippen molar-refractivity contribution in [3.05, 3.63) is 22.6 Å². The van der Waals surface area contributed by atoms with Crippen molar-refractivity contribution in [3.8, 4) is 11.6 Å². The van der Waals surface area contributed by atoms with Crippen LogP contribution in [-0.4, -0.2) is 20.8 Å². The Balaban J connectivity index is 2.06. The molecule has 0 amide bonds. The van der Waals surface area contributed by atoms with Crippen molar-refractivity contribution < 1.29 is 4.42 Å². The van der Waals surface area contributed by atoms with Gasteiger partial charge in [0.15, 0.2) is 16.3 Å². The fourth-order valence-corrected chi connectivity index (χ4v) is 2.28. The molecule has 1 atom stereocenters. The second-order valence-electron chi connectivity index (χ2n) is 3.95. The fourth-order valence-electron chi connectivity index (χ4n) is 1.97. The van der Waals surface area contributed by atoms with Gasteiger partial charge in [0.1, 0.15) is 5.82 Å². The molecule has 6 heteroatoms. The Bertz CT molecular complexity index is 519. The number of nitrogens with two attached hydrogens (primary N) is 1. The van der Waals surface area contributed by atoms with Crippen molar-refractivity contribution in [1.82, 2.24) is 14.8 Å². The number of fused-ring (bicyclic) bond motifs is 1. The highest BCUT2D eigenvalue weighted by atomic mass is 79.9. The van der Waals surface area contributed by atoms with Gasteiger partial charge in [0.2, 0.25) is 0 Å². The third-order valence-electron chi connectivity index (χ3n) is 2.78. The fraction of sp³-hybridized carbons (Fsp3) is 0.400. The molecule has 0 radical (unpaired) electrons. The highest BCUT2D eigenvalue weighted by molar-refractivity contribution is 9.10. The van der Waals surface area contributed by atoms with Crippen LogP contribution in [0.3, 0.4) is 0 Å². The van der Waals surface area contributed by atoms with Crippen molar-refractivity contribution in [2.75, 3.05) is 0 Å². The summed E-state index contributed by atoms with van der Waals surface area (Å²) >= 11 is 3.28. The summed E-state index contributed by atoms with van der Waals surface area (Å²) in [6.45, 7) is 0.760. The summed E-state index contributed by atoms with van der Waals surface area (Å²) in [7, 11) is 0. The average Bonchev–Trinajstić information content (AvgIpc) is 2.83. The zero-order valence-electron chi connectivity index (χ0n) is 8.56. The molecule has 5 nitrogen and oxygen atoms in total. The average molecular weight is 283 g/mol. The molecule has 2 aromatic rings. The van der Waals surface area contributed by atoms with Gasteiger partial charge in [-0.25, -0.2) is 0 Å². The predicted octanol–water partition coefficient (Wildman–Crippen LogP) is 1.57. The van der Waals surface area contributed by atoms with E-state index in [9.17, 15) is 0 Å². The minimum absolute atomic E-state index is 0.181. The van der Waals surface area contributed by atoms with E-state index in [1.165, 1.54) is 0 Å². The summed E-state index contributed by atoms with van der Waals surface area (Å²) in [4.78, 5) is 0. The lowest BCUT2D eigenvalue weighted by atomic mass is 10.1. The highest BCUT2D eigenvalue weighted by Gasteiger charge is 2.22. The third kappa shape index (κ3) is 1.58. The second kappa shape index (κ2) is 3.71. The zero-order valence-corrected chi connectivity index (χ0v) is 10.1. The van der Waals surface area contributed by atoms with Gasteiger partial charge in [-0.3, -0.25) is 0 Å². The molecular formula is C10H11BrN4O. The summed E-state index contributed by atoms with van der Waals surface area (Å²) < 4.78 is 8.22. The first-order chi connectivity index (χ1) is 7.74. The van der Waals surface area contributed by atoms with E-state index in [0.29, 0.717) is 4.67 Å². The normalized spacial score (nSPS) is 19.8. The Morgan fingerprint density at radius 2 is 2.31 bits per heavy atom. The van der Waals surface area contributed by atoms with Crippen molar-refractivity contribution in [2.24, 2.45) is 5.73 Å². The molecule has 0 fully saturated rings. The molecule has 16 heavy (non-hydrogen) atoms. The molecule has 2 N–H and O–H groups in total. The molecule has 0 aromatic carbocycles. The molecule has 3 heterocycles. The zero-order chi connectivity index (χ0) is 11.1. The van der Waals surface area contributed by atoms with E-state index in [0.717, 1.165) is 36.8 Å². The van der Waals surface area contributed by atoms with Gasteiger partial charge in [-0.15, -0.1) is 10.2 Å². The standard InChI is InChI=1S/C10H11BrN4O/c11-8-3-2-7(16-8)10-14-13-9-4-1-6(12)5-15(9)10/h2-3,6H,1,4-5,12H2. The molecule has 84 valence electrons. The monoisotopic (exact) mass is 282 g/mol. The number of aromatic nitrogens is 3. The minimum Gasteiger partial charge on any atom is -0.446 e. The lowest BCUT2D eigenvalue weighted by Crippen LogP contribution is -2.32. The Hall–Kier alpha value is -1.14. The summed E-state index contributed by atoms with van der Waals surface area (Å²) in [6.07, 6.45) is 1.86. The molecule has 0 bridgehead atoms. The number of furan rings is 1. The number of aryl methyl sites for hydroxylation is 1. The van der Waals surface area contributed by atoms with Gasteiger partial charge >= 0.3 is 0 Å². The SMILES string of the molecule is NC1CCc2nnc(-c3ccc(Br)o3)n2C1. The van der Waals surface area contributed by atoms with Crippen LogP contribution in [0, 0.1) is 0 Å². The first-order valence-corrected chi connectivity index (χ1v) is 5.96. The van der Waals surface area contributed by atoms with Crippen LogP contribution in [0.1, 0.15) is 12.2 Å². The van der Waals surface area contributed by atoms with Gasteiger partial charge in [0, 0.05) is 19.0 Å². The van der Waals surface area contributed by atoms with E-state index in [1.807, 2.05) is 16.7 Å². The largest absolute Gasteiger partial charge is 0.446 e. The lowest BCUT2D eigenvalue weighted by Gasteiger charge is -2.20. The maximum Gasteiger partial charge on any atom is 0.199 e. The van der Waals surface area contributed by atoms with E-state index in [1.54, 1.807) is 0 Å². The molecule has 1 aliphatic heterocycles. The summed E-state index contributed by atoms with van der Waals surface area (Å²) in [6, 6.07) is 3.90. The van der Waals surface area contributed by atoms with Crippen LogP contribution in [0.5, 0.6) is 0 Å². The van der Waals surface area contributed by atoms with E-state index in [4.69, 9.17) is 10.2 Å². The summed E-state index contributed by atoms with van der Waals surface area (Å²) in [5.41, 5.74) is 5.94. The molecule has 1 unspecified atom stereocenters. The number of hydrogen-bond donors (Lipinski definition) is 1. The first-order valence-electron chi connectivity index (χ1n) is 5.17. The van der Waals surface area contributed by atoms with Crippen molar-refractivity contribution >= 4 is 15.9 Å². The lowest BCUT2D eigenvalue weighted by molar-refractivity contribution is 0.451. The van der Waals surface area contributed by atoms with E-state index < -0.39 is 0 Å². The second-order valence-corrected chi connectivity index (χ2v) is 4.73. The molecular weight excluding hydrogens is 272 g/mol. The van der Waals surface area contributed by atoms with Crippen LogP contribution in [-0.2, 0) is 13.0 Å². The Labute approximate surface area is 101 Å². The van der Waals surface area contributed by atoms with Crippen LogP contribution in [0.4, 0.5) is 0 Å². The van der Waals surface area contributed by atoms with Crippen molar-refractivity contribution in [2.45, 2.75) is 25.4 Å². The number of rotatable bonds is 1. The van der Waals surface area contributed by atoms with Crippen LogP contribution >= 0.6 is 15.9 Å². The van der Waals surface area contributed by atoms with E-state index in [-0.39, 0.29) is 6.04 Å². The molecule has 0 aliphatic carbocycles. The quantitative estimate of drug-likeness (QED) is 0.862. The van der Waals surface area contributed by atoms with Crippen LogP contribution in [0.15, 0.2) is 21.2 Å². The van der Waals surface area contributed by atoms with Gasteiger partial charge in [0.25, 0.3) is 0 Å². The summed E-state index contributed by atoms with van der Waals surface area (Å²) in [5, 5.41) is 8.32. The van der Waals surface area contributed by atoms with Gasteiger partial charge in [-0.2, -0.15) is 0 Å². The minimum atomic E-state index is 0.181. The third-order valence-corrected chi connectivity index (χ3v) is 3.20. The molecule has 3 rings (SSSR count). The van der Waals surface area contributed by atoms with Crippen molar-refractivity contribution in [3.63, 3.8) is 0 Å². The molecule has 2 aromatic heterocycles. The maximum atomic E-state index is 5.94. The number of halogens is 1. The number of nitrogens with zero attached hydrogens (tertiary/aromatic N) is 3. The van der Waals surface area contributed by atoms with Gasteiger partial charge in [-0.05, 0) is 34.5 Å². The Morgan fingerprint density at radius 1 is 1.44 bits per heavy atom. The Kier molecular flexibility index (Phi) is 2.33. The van der Waals surface area contributed by atoms with Crippen LogP contribution in [0.2, 0.25) is 0 Å².